The summed E-state index contributed by atoms with van der Waals surface area (Å²) in [5.41, 5.74) is 0.122. The Kier molecular flexibility index (Phi) is 3.37. The Morgan fingerprint density at radius 1 is 1.00 bits per heavy atom. The second-order valence-corrected chi connectivity index (χ2v) is 4.30. The van der Waals surface area contributed by atoms with Gasteiger partial charge in [0.1, 0.15) is 5.82 Å². The fourth-order valence-electron chi connectivity index (χ4n) is 1.34. The monoisotopic (exact) mass is 232 g/mol. The van der Waals surface area contributed by atoms with Crippen LogP contribution in [0.4, 0.5) is 4.39 Å². The minimum absolute atomic E-state index is 0.122. The van der Waals surface area contributed by atoms with E-state index in [0.717, 1.165) is 4.90 Å². The summed E-state index contributed by atoms with van der Waals surface area (Å²) in [6, 6.07) is 14.2. The summed E-state index contributed by atoms with van der Waals surface area (Å²) in [6.07, 6.45) is 0.556. The molecule has 3 heteroatoms. The van der Waals surface area contributed by atoms with Crippen LogP contribution in [0.3, 0.4) is 0 Å². The number of carbonyl (C=O) groups is 1. The van der Waals surface area contributed by atoms with Crippen LogP contribution in [-0.2, 0) is 0 Å². The molecule has 0 N–H and O–H groups in total. The highest BCUT2D eigenvalue weighted by atomic mass is 32.2. The van der Waals surface area contributed by atoms with Crippen molar-refractivity contribution in [3.05, 3.63) is 59.9 Å². The molecule has 0 aliphatic rings. The van der Waals surface area contributed by atoms with Gasteiger partial charge in [-0.3, -0.25) is 4.79 Å². The first-order valence-corrected chi connectivity index (χ1v) is 5.59. The van der Waals surface area contributed by atoms with Crippen molar-refractivity contribution >= 4 is 18.0 Å². The molecule has 0 saturated heterocycles. The fourth-order valence-corrected chi connectivity index (χ4v) is 2.29. The lowest BCUT2D eigenvalue weighted by Gasteiger charge is -2.04. The van der Waals surface area contributed by atoms with Crippen LogP contribution in [0, 0.1) is 5.82 Å². The maximum absolute atomic E-state index is 13.3. The minimum Gasteiger partial charge on any atom is -0.298 e. The van der Waals surface area contributed by atoms with Gasteiger partial charge in [0.05, 0.1) is 5.56 Å². The molecule has 0 radical (unpaired) electrons. The Labute approximate surface area is 97.3 Å². The Balaban J connectivity index is 2.35. The molecule has 80 valence electrons. The Morgan fingerprint density at radius 2 is 1.75 bits per heavy atom. The highest BCUT2D eigenvalue weighted by Crippen LogP contribution is 2.30. The molecule has 0 spiro atoms. The molecule has 0 unspecified atom stereocenters. The molecule has 0 saturated carbocycles. The van der Waals surface area contributed by atoms with Gasteiger partial charge >= 0.3 is 0 Å². The van der Waals surface area contributed by atoms with Crippen molar-refractivity contribution in [1.29, 1.82) is 0 Å². The first kappa shape index (κ1) is 10.9. The SMILES string of the molecule is O=Cc1c(F)cccc1Sc1ccccc1. The summed E-state index contributed by atoms with van der Waals surface area (Å²) in [7, 11) is 0. The van der Waals surface area contributed by atoms with E-state index in [9.17, 15) is 9.18 Å². The van der Waals surface area contributed by atoms with Crippen molar-refractivity contribution in [2.24, 2.45) is 0 Å². The van der Waals surface area contributed by atoms with Crippen LogP contribution in [0.1, 0.15) is 10.4 Å². The van der Waals surface area contributed by atoms with Gasteiger partial charge in [-0.15, -0.1) is 0 Å². The summed E-state index contributed by atoms with van der Waals surface area (Å²) in [6.45, 7) is 0. The van der Waals surface area contributed by atoms with Gasteiger partial charge in [-0.1, -0.05) is 36.0 Å². The van der Waals surface area contributed by atoms with Crippen molar-refractivity contribution < 1.29 is 9.18 Å². The number of hydrogen-bond acceptors (Lipinski definition) is 2. The van der Waals surface area contributed by atoms with Gasteiger partial charge in [0.2, 0.25) is 0 Å². The van der Waals surface area contributed by atoms with Gasteiger partial charge in [0, 0.05) is 9.79 Å². The zero-order chi connectivity index (χ0) is 11.4. The first-order valence-electron chi connectivity index (χ1n) is 4.78. The molecule has 0 aromatic heterocycles. The van der Waals surface area contributed by atoms with E-state index in [2.05, 4.69) is 0 Å². The summed E-state index contributed by atoms with van der Waals surface area (Å²) in [5, 5.41) is 0. The lowest BCUT2D eigenvalue weighted by atomic mass is 10.2. The zero-order valence-electron chi connectivity index (χ0n) is 8.39. The molecule has 0 aliphatic carbocycles. The molecule has 0 heterocycles. The lowest BCUT2D eigenvalue weighted by Crippen LogP contribution is -1.90. The predicted molar refractivity (Wildman–Crippen MR) is 62.4 cm³/mol. The molecule has 16 heavy (non-hydrogen) atoms. The van der Waals surface area contributed by atoms with Crippen molar-refractivity contribution in [1.82, 2.24) is 0 Å². The van der Waals surface area contributed by atoms with Gasteiger partial charge in [-0.25, -0.2) is 4.39 Å². The van der Waals surface area contributed by atoms with Gasteiger partial charge in [-0.05, 0) is 24.3 Å². The molecule has 1 nitrogen and oxygen atoms in total. The van der Waals surface area contributed by atoms with E-state index in [0.29, 0.717) is 11.2 Å². The van der Waals surface area contributed by atoms with E-state index in [4.69, 9.17) is 0 Å². The first-order chi connectivity index (χ1) is 7.81. The third-order valence-electron chi connectivity index (χ3n) is 2.10. The van der Waals surface area contributed by atoms with E-state index in [1.165, 1.54) is 17.8 Å². The summed E-state index contributed by atoms with van der Waals surface area (Å²) in [4.78, 5) is 12.4. The molecule has 0 amide bonds. The topological polar surface area (TPSA) is 17.1 Å². The van der Waals surface area contributed by atoms with E-state index in [-0.39, 0.29) is 5.56 Å². The largest absolute Gasteiger partial charge is 0.298 e. The van der Waals surface area contributed by atoms with Crippen molar-refractivity contribution in [3.8, 4) is 0 Å². The molecule has 0 bridgehead atoms. The van der Waals surface area contributed by atoms with Crippen LogP contribution >= 0.6 is 11.8 Å². The third kappa shape index (κ3) is 2.31. The van der Waals surface area contributed by atoms with Crippen LogP contribution in [0.25, 0.3) is 0 Å². The van der Waals surface area contributed by atoms with E-state index in [1.54, 1.807) is 12.1 Å². The van der Waals surface area contributed by atoms with E-state index < -0.39 is 5.82 Å². The summed E-state index contributed by atoms with van der Waals surface area (Å²) in [5.74, 6) is -0.476. The van der Waals surface area contributed by atoms with E-state index >= 15 is 0 Å². The predicted octanol–water partition coefficient (Wildman–Crippen LogP) is 3.79. The number of rotatable bonds is 3. The van der Waals surface area contributed by atoms with Crippen LogP contribution < -0.4 is 0 Å². The molecular formula is C13H9FOS. The van der Waals surface area contributed by atoms with Crippen molar-refractivity contribution in [3.63, 3.8) is 0 Å². The molecular weight excluding hydrogens is 223 g/mol. The number of benzene rings is 2. The average molecular weight is 232 g/mol. The van der Waals surface area contributed by atoms with Gasteiger partial charge in [0.25, 0.3) is 0 Å². The molecule has 2 rings (SSSR count). The standard InChI is InChI=1S/C13H9FOS/c14-12-7-4-8-13(11(12)9-15)16-10-5-2-1-3-6-10/h1-9H. The quantitative estimate of drug-likeness (QED) is 0.749. The lowest BCUT2D eigenvalue weighted by molar-refractivity contribution is 0.111. The van der Waals surface area contributed by atoms with Crippen LogP contribution in [0.2, 0.25) is 0 Å². The smallest absolute Gasteiger partial charge is 0.154 e. The molecule has 2 aromatic rings. The third-order valence-corrected chi connectivity index (χ3v) is 3.19. The van der Waals surface area contributed by atoms with Gasteiger partial charge in [-0.2, -0.15) is 0 Å². The molecule has 0 fully saturated rings. The maximum Gasteiger partial charge on any atom is 0.154 e. The Morgan fingerprint density at radius 3 is 2.44 bits per heavy atom. The maximum atomic E-state index is 13.3. The van der Waals surface area contributed by atoms with Crippen LogP contribution in [-0.4, -0.2) is 6.29 Å². The highest BCUT2D eigenvalue weighted by molar-refractivity contribution is 7.99. The van der Waals surface area contributed by atoms with E-state index in [1.807, 2.05) is 30.3 Å². The number of hydrogen-bond donors (Lipinski definition) is 0. The van der Waals surface area contributed by atoms with Crippen molar-refractivity contribution in [2.75, 3.05) is 0 Å². The molecule has 0 atom stereocenters. The van der Waals surface area contributed by atoms with Crippen LogP contribution in [0.5, 0.6) is 0 Å². The van der Waals surface area contributed by atoms with Crippen molar-refractivity contribution in [2.45, 2.75) is 9.79 Å². The normalized spacial score (nSPS) is 10.1. The molecule has 2 aromatic carbocycles. The summed E-state index contributed by atoms with van der Waals surface area (Å²) >= 11 is 1.38. The van der Waals surface area contributed by atoms with Crippen LogP contribution in [0.15, 0.2) is 58.3 Å². The second-order valence-electron chi connectivity index (χ2n) is 3.18. The fraction of sp³-hybridized carbons (Fsp3) is 0. The zero-order valence-corrected chi connectivity index (χ0v) is 9.21. The highest BCUT2D eigenvalue weighted by Gasteiger charge is 2.08. The summed E-state index contributed by atoms with van der Waals surface area (Å²) < 4.78 is 13.3. The Bertz CT molecular complexity index is 497. The Hall–Kier alpha value is -1.61. The number of carbonyl (C=O) groups excluding carboxylic acids is 1. The van der Waals surface area contributed by atoms with Gasteiger partial charge in [0.15, 0.2) is 6.29 Å². The van der Waals surface area contributed by atoms with Gasteiger partial charge < -0.3 is 0 Å². The average Bonchev–Trinajstić information content (AvgIpc) is 2.31. The number of aldehydes is 1. The molecule has 0 aliphatic heterocycles. The minimum atomic E-state index is -0.476. The second kappa shape index (κ2) is 4.94. The number of halogens is 1.